The second-order valence-corrected chi connectivity index (χ2v) is 6.89. The largest absolute Gasteiger partial charge is 0.353 e. The Balaban J connectivity index is 1.53. The Labute approximate surface area is 138 Å². The number of thiazole rings is 1. The van der Waals surface area contributed by atoms with Gasteiger partial charge in [0.15, 0.2) is 0 Å². The molecule has 2 N–H and O–H groups in total. The average Bonchev–Trinajstić information content (AvgIpc) is 3.15. The number of aliphatic imine (C=N–C) groups is 1. The molecule has 1 aliphatic heterocycles. The van der Waals surface area contributed by atoms with Gasteiger partial charge in [0.1, 0.15) is 5.70 Å². The molecule has 4 rings (SSSR count). The summed E-state index contributed by atoms with van der Waals surface area (Å²) in [5, 5.41) is 6.18. The van der Waals surface area contributed by atoms with E-state index in [9.17, 15) is 4.79 Å². The minimum absolute atomic E-state index is 0.146. The molecular weight excluding hydrogens is 308 g/mol. The first kappa shape index (κ1) is 14.4. The quantitative estimate of drug-likeness (QED) is 0.834. The number of carbonyl (C=O) groups is 1. The molecule has 1 aliphatic carbocycles. The molecule has 0 spiro atoms. The van der Waals surface area contributed by atoms with Crippen molar-refractivity contribution in [3.63, 3.8) is 0 Å². The van der Waals surface area contributed by atoms with E-state index < -0.39 is 0 Å². The molecule has 118 valence electrons. The first-order valence-electron chi connectivity index (χ1n) is 7.99. The van der Waals surface area contributed by atoms with Gasteiger partial charge in [-0.15, -0.1) is 11.3 Å². The van der Waals surface area contributed by atoms with Crippen LogP contribution in [-0.2, 0) is 4.79 Å². The average molecular weight is 326 g/mol. The number of nitrogens with one attached hydrogen (secondary N) is 2. The molecule has 23 heavy (non-hydrogen) atoms. The van der Waals surface area contributed by atoms with Crippen LogP contribution in [0.1, 0.15) is 37.7 Å². The van der Waals surface area contributed by atoms with Crippen LogP contribution in [0.25, 0.3) is 16.3 Å². The standard InChI is InChI=1S/C17H18N4OS/c22-16-14(8-11-6-7-13-15(9-11)23-10-18-13)20-17(21-16)19-12-4-2-1-3-5-12/h6-10,12H,1-5H2,(H2,19,20,21,22)/b14-8-. The van der Waals surface area contributed by atoms with Crippen LogP contribution in [0.2, 0.25) is 0 Å². The van der Waals surface area contributed by atoms with Gasteiger partial charge in [0.25, 0.3) is 5.91 Å². The van der Waals surface area contributed by atoms with Crippen molar-refractivity contribution in [3.05, 3.63) is 35.0 Å². The number of benzene rings is 1. The third-order valence-corrected chi connectivity index (χ3v) is 5.09. The summed E-state index contributed by atoms with van der Waals surface area (Å²) < 4.78 is 1.11. The van der Waals surface area contributed by atoms with Gasteiger partial charge >= 0.3 is 0 Å². The zero-order valence-electron chi connectivity index (χ0n) is 12.7. The summed E-state index contributed by atoms with van der Waals surface area (Å²) in [6.07, 6.45) is 7.92. The van der Waals surface area contributed by atoms with E-state index in [0.29, 0.717) is 17.7 Å². The van der Waals surface area contributed by atoms with Gasteiger partial charge < -0.3 is 5.32 Å². The van der Waals surface area contributed by atoms with Gasteiger partial charge in [-0.05, 0) is 36.6 Å². The molecule has 1 fully saturated rings. The number of rotatable bonds is 2. The number of fused-ring (bicyclic) bond motifs is 1. The van der Waals surface area contributed by atoms with E-state index in [1.807, 2.05) is 29.8 Å². The van der Waals surface area contributed by atoms with Crippen LogP contribution in [0.15, 0.2) is 34.4 Å². The first-order chi connectivity index (χ1) is 11.3. The van der Waals surface area contributed by atoms with Crippen molar-refractivity contribution in [2.45, 2.75) is 38.1 Å². The van der Waals surface area contributed by atoms with Crippen LogP contribution in [-0.4, -0.2) is 22.9 Å². The second kappa shape index (κ2) is 6.12. The lowest BCUT2D eigenvalue weighted by atomic mass is 9.96. The second-order valence-electron chi connectivity index (χ2n) is 6.00. The van der Waals surface area contributed by atoms with Gasteiger partial charge in [0, 0.05) is 6.04 Å². The topological polar surface area (TPSA) is 66.4 Å². The van der Waals surface area contributed by atoms with Crippen LogP contribution in [0.4, 0.5) is 0 Å². The predicted molar refractivity (Wildman–Crippen MR) is 93.2 cm³/mol. The highest BCUT2D eigenvalue weighted by Crippen LogP contribution is 2.22. The van der Waals surface area contributed by atoms with Crippen molar-refractivity contribution in [1.82, 2.24) is 15.6 Å². The van der Waals surface area contributed by atoms with Gasteiger partial charge in [-0.1, -0.05) is 25.3 Å². The summed E-state index contributed by atoms with van der Waals surface area (Å²) in [7, 11) is 0. The van der Waals surface area contributed by atoms with E-state index >= 15 is 0 Å². The molecule has 2 aliphatic rings. The molecule has 2 heterocycles. The highest BCUT2D eigenvalue weighted by Gasteiger charge is 2.23. The van der Waals surface area contributed by atoms with Crippen molar-refractivity contribution >= 4 is 39.5 Å². The zero-order chi connectivity index (χ0) is 15.6. The van der Waals surface area contributed by atoms with Gasteiger partial charge in [-0.25, -0.2) is 9.98 Å². The third kappa shape index (κ3) is 3.12. The molecule has 1 aromatic carbocycles. The number of carbonyl (C=O) groups excluding carboxylic acids is 1. The normalized spacial score (nSPS) is 20.8. The van der Waals surface area contributed by atoms with Crippen LogP contribution in [0.5, 0.6) is 0 Å². The molecule has 0 bridgehead atoms. The van der Waals surface area contributed by atoms with E-state index in [1.54, 1.807) is 11.3 Å². The maximum absolute atomic E-state index is 12.1. The number of hydrogen-bond acceptors (Lipinski definition) is 5. The molecule has 1 saturated carbocycles. The fourth-order valence-corrected chi connectivity index (χ4v) is 3.82. The number of guanidine groups is 1. The number of amides is 1. The summed E-state index contributed by atoms with van der Waals surface area (Å²) in [5.74, 6) is 0.444. The SMILES string of the molecule is O=C1NC(NC2CCCCC2)=N/C1=C\c1ccc2ncsc2c1. The number of nitrogens with zero attached hydrogens (tertiary/aromatic N) is 2. The Bertz CT molecular complexity index is 802. The summed E-state index contributed by atoms with van der Waals surface area (Å²) in [6, 6.07) is 6.39. The Morgan fingerprint density at radius 2 is 2.13 bits per heavy atom. The van der Waals surface area contributed by atoms with E-state index in [2.05, 4.69) is 20.6 Å². The van der Waals surface area contributed by atoms with E-state index in [0.717, 1.165) is 28.6 Å². The van der Waals surface area contributed by atoms with Crippen molar-refractivity contribution in [2.24, 2.45) is 4.99 Å². The third-order valence-electron chi connectivity index (χ3n) is 4.30. The Kier molecular flexibility index (Phi) is 3.83. The van der Waals surface area contributed by atoms with Crippen molar-refractivity contribution in [1.29, 1.82) is 0 Å². The van der Waals surface area contributed by atoms with Crippen molar-refractivity contribution in [2.75, 3.05) is 0 Å². The van der Waals surface area contributed by atoms with Crippen LogP contribution < -0.4 is 10.6 Å². The maximum Gasteiger partial charge on any atom is 0.276 e. The van der Waals surface area contributed by atoms with Gasteiger partial charge in [-0.3, -0.25) is 10.1 Å². The van der Waals surface area contributed by atoms with Crippen LogP contribution in [0, 0.1) is 0 Å². The minimum atomic E-state index is -0.146. The van der Waals surface area contributed by atoms with Gasteiger partial charge in [0.05, 0.1) is 15.7 Å². The summed E-state index contributed by atoms with van der Waals surface area (Å²) in [4.78, 5) is 20.8. The lowest BCUT2D eigenvalue weighted by Crippen LogP contribution is -2.43. The fraction of sp³-hybridized carbons (Fsp3) is 0.353. The van der Waals surface area contributed by atoms with Gasteiger partial charge in [-0.2, -0.15) is 0 Å². The highest BCUT2D eigenvalue weighted by molar-refractivity contribution is 7.16. The lowest BCUT2D eigenvalue weighted by Gasteiger charge is -2.23. The van der Waals surface area contributed by atoms with Crippen LogP contribution in [0.3, 0.4) is 0 Å². The Morgan fingerprint density at radius 3 is 3.00 bits per heavy atom. The molecule has 1 amide bonds. The zero-order valence-corrected chi connectivity index (χ0v) is 13.5. The molecule has 0 saturated heterocycles. The minimum Gasteiger partial charge on any atom is -0.353 e. The molecule has 1 aromatic heterocycles. The molecule has 2 aromatic rings. The van der Waals surface area contributed by atoms with E-state index in [-0.39, 0.29) is 5.91 Å². The smallest absolute Gasteiger partial charge is 0.276 e. The maximum atomic E-state index is 12.1. The van der Waals surface area contributed by atoms with Crippen molar-refractivity contribution in [3.8, 4) is 0 Å². The van der Waals surface area contributed by atoms with Crippen LogP contribution >= 0.6 is 11.3 Å². The highest BCUT2D eigenvalue weighted by atomic mass is 32.1. The lowest BCUT2D eigenvalue weighted by molar-refractivity contribution is -0.115. The molecule has 0 unspecified atom stereocenters. The Morgan fingerprint density at radius 1 is 1.26 bits per heavy atom. The summed E-state index contributed by atoms with van der Waals surface area (Å²) in [5.41, 5.74) is 4.23. The molecular formula is C17H18N4OS. The first-order valence-corrected chi connectivity index (χ1v) is 8.87. The molecule has 0 radical (unpaired) electrons. The van der Waals surface area contributed by atoms with E-state index in [1.165, 1.54) is 19.3 Å². The van der Waals surface area contributed by atoms with Crippen molar-refractivity contribution < 1.29 is 4.79 Å². The summed E-state index contributed by atoms with van der Waals surface area (Å²) in [6.45, 7) is 0. The fourth-order valence-electron chi connectivity index (χ4n) is 3.10. The Hall–Kier alpha value is -2.21. The monoisotopic (exact) mass is 326 g/mol. The van der Waals surface area contributed by atoms with E-state index in [4.69, 9.17) is 0 Å². The molecule has 5 nitrogen and oxygen atoms in total. The number of hydrogen-bond donors (Lipinski definition) is 2. The number of aromatic nitrogens is 1. The molecule has 0 atom stereocenters. The summed E-state index contributed by atoms with van der Waals surface area (Å²) >= 11 is 1.59. The molecule has 6 heteroatoms. The van der Waals surface area contributed by atoms with Gasteiger partial charge in [0.2, 0.25) is 5.96 Å². The predicted octanol–water partition coefficient (Wildman–Crippen LogP) is 3.05.